The van der Waals surface area contributed by atoms with E-state index in [2.05, 4.69) is 26.1 Å². The average molecular weight is 431 g/mol. The molecule has 3 aliphatic carbocycles. The lowest BCUT2D eigenvalue weighted by Crippen LogP contribution is -2.70. The van der Waals surface area contributed by atoms with E-state index in [1.165, 1.54) is 0 Å². The summed E-state index contributed by atoms with van der Waals surface area (Å²) in [7, 11) is 1.73. The van der Waals surface area contributed by atoms with Gasteiger partial charge in [-0.3, -0.25) is 4.79 Å². The van der Waals surface area contributed by atoms with Gasteiger partial charge in [-0.2, -0.15) is 0 Å². The third-order valence-corrected chi connectivity index (χ3v) is 9.64. The molecule has 0 aromatic heterocycles. The van der Waals surface area contributed by atoms with Crippen LogP contribution in [0.2, 0.25) is 0 Å². The normalized spacial score (nSPS) is 54.6. The van der Waals surface area contributed by atoms with Gasteiger partial charge in [-0.15, -0.1) is 0 Å². The maximum absolute atomic E-state index is 12.6. The fourth-order valence-corrected chi connectivity index (χ4v) is 8.16. The first-order valence-electron chi connectivity index (χ1n) is 11.5. The van der Waals surface area contributed by atoms with E-state index in [1.807, 2.05) is 0 Å². The lowest BCUT2D eigenvalue weighted by molar-refractivity contribution is -0.168. The Hall–Kier alpha value is -1.48. The van der Waals surface area contributed by atoms with Gasteiger partial charge in [-0.05, 0) is 43.7 Å². The predicted molar refractivity (Wildman–Crippen MR) is 105 cm³/mol. The molecule has 7 rings (SSSR count). The Morgan fingerprint density at radius 3 is 2.81 bits per heavy atom. The zero-order chi connectivity index (χ0) is 21.6. The molecule has 0 aromatic rings. The standard InChI is InChI=1S/C23H29NO7/c1-10(2)21-16(30-21)17-23(31-17)20(3)6-5-11-12(9-27-18(11)26)13(20)7-14-22(23,29-14)19(21)28-15(25)8-24-4/h10,13-14,16-17,19,24H,5-9H2,1-4H3/t13-,14-,16-,17-,19+,20-,21-,22+,23+/m0/s1. The first-order valence-corrected chi connectivity index (χ1v) is 11.5. The number of rotatable bonds is 4. The molecule has 0 amide bonds. The Labute approximate surface area is 180 Å². The highest BCUT2D eigenvalue weighted by molar-refractivity contribution is 5.92. The Balaban J connectivity index is 1.34. The summed E-state index contributed by atoms with van der Waals surface area (Å²) >= 11 is 0. The Bertz CT molecular complexity index is 962. The van der Waals surface area contributed by atoms with Crippen molar-refractivity contribution in [1.82, 2.24) is 5.32 Å². The minimum Gasteiger partial charge on any atom is -0.458 e. The number of epoxide rings is 3. The van der Waals surface area contributed by atoms with Crippen LogP contribution in [0, 0.1) is 17.3 Å². The van der Waals surface area contributed by atoms with E-state index >= 15 is 0 Å². The van der Waals surface area contributed by atoms with E-state index < -0.39 is 22.9 Å². The van der Waals surface area contributed by atoms with Crippen molar-refractivity contribution in [2.24, 2.45) is 17.3 Å². The SMILES string of the molecule is CNCC(=O)O[C@@H]1[C@@]2(C(C)C)O[C@H]2[C@@H]2O[C@]23[C@]12O[C@H]2C[C@H]1C2=C(CC[C@@]13C)C(=O)OC2. The van der Waals surface area contributed by atoms with Gasteiger partial charge in [0.1, 0.15) is 30.0 Å². The Kier molecular flexibility index (Phi) is 3.29. The molecule has 4 aliphatic heterocycles. The van der Waals surface area contributed by atoms with E-state index in [0.717, 1.165) is 24.0 Å². The number of fused-ring (bicyclic) bond motifs is 4. The first-order chi connectivity index (χ1) is 14.8. The summed E-state index contributed by atoms with van der Waals surface area (Å²) in [4.78, 5) is 24.9. The number of hydrogen-bond acceptors (Lipinski definition) is 8. The fraction of sp³-hybridized carbons (Fsp3) is 0.826. The summed E-state index contributed by atoms with van der Waals surface area (Å²) in [6.45, 7) is 7.04. The van der Waals surface area contributed by atoms with Gasteiger partial charge in [0.05, 0.1) is 12.6 Å². The molecule has 0 aromatic carbocycles. The molecule has 4 heterocycles. The van der Waals surface area contributed by atoms with Crippen molar-refractivity contribution >= 4 is 11.9 Å². The van der Waals surface area contributed by atoms with Gasteiger partial charge < -0.3 is 29.0 Å². The molecule has 0 unspecified atom stereocenters. The van der Waals surface area contributed by atoms with Crippen LogP contribution >= 0.6 is 0 Å². The molecule has 168 valence electrons. The van der Waals surface area contributed by atoms with Crippen molar-refractivity contribution in [3.8, 4) is 0 Å². The van der Waals surface area contributed by atoms with Gasteiger partial charge in [0.15, 0.2) is 11.7 Å². The summed E-state index contributed by atoms with van der Waals surface area (Å²) in [6, 6.07) is 0. The van der Waals surface area contributed by atoms with Crippen molar-refractivity contribution in [3.05, 3.63) is 11.1 Å². The quantitative estimate of drug-likeness (QED) is 0.517. The Morgan fingerprint density at radius 2 is 2.06 bits per heavy atom. The molecule has 7 aliphatic rings. The van der Waals surface area contributed by atoms with Crippen molar-refractivity contribution in [2.45, 2.75) is 81.3 Å². The molecule has 2 saturated carbocycles. The number of carbonyl (C=O) groups excluding carboxylic acids is 2. The van der Waals surface area contributed by atoms with Crippen LogP contribution in [0.4, 0.5) is 0 Å². The van der Waals surface area contributed by atoms with Gasteiger partial charge in [0.25, 0.3) is 0 Å². The third kappa shape index (κ3) is 1.80. The van der Waals surface area contributed by atoms with Crippen LogP contribution in [0.15, 0.2) is 11.1 Å². The molecule has 9 atom stereocenters. The van der Waals surface area contributed by atoms with Crippen LogP contribution in [0.5, 0.6) is 0 Å². The molecular formula is C23H29NO7. The number of cyclic esters (lactones) is 1. The fourth-order valence-electron chi connectivity index (χ4n) is 8.16. The molecule has 0 radical (unpaired) electrons. The number of nitrogens with one attached hydrogen (secondary N) is 1. The second kappa shape index (κ2) is 5.35. The highest BCUT2D eigenvalue weighted by Gasteiger charge is 3.01. The molecule has 8 heteroatoms. The first kappa shape index (κ1) is 19.0. The Morgan fingerprint density at radius 1 is 1.26 bits per heavy atom. The van der Waals surface area contributed by atoms with E-state index in [4.69, 9.17) is 23.7 Å². The molecule has 3 saturated heterocycles. The predicted octanol–water partition coefficient (Wildman–Crippen LogP) is 0.873. The van der Waals surface area contributed by atoms with Crippen LogP contribution in [0.25, 0.3) is 0 Å². The highest BCUT2D eigenvalue weighted by atomic mass is 16.8. The van der Waals surface area contributed by atoms with Crippen molar-refractivity contribution in [3.63, 3.8) is 0 Å². The van der Waals surface area contributed by atoms with Gasteiger partial charge >= 0.3 is 11.9 Å². The van der Waals surface area contributed by atoms with Gasteiger partial charge in [-0.1, -0.05) is 20.8 Å². The smallest absolute Gasteiger partial charge is 0.334 e. The number of carbonyl (C=O) groups is 2. The summed E-state index contributed by atoms with van der Waals surface area (Å²) < 4.78 is 31.2. The van der Waals surface area contributed by atoms with E-state index in [9.17, 15) is 9.59 Å². The molecular weight excluding hydrogens is 402 g/mol. The lowest BCUT2D eigenvalue weighted by Gasteiger charge is -2.53. The molecule has 8 nitrogen and oxygen atoms in total. The highest BCUT2D eigenvalue weighted by Crippen LogP contribution is 2.83. The topological polar surface area (TPSA) is 102 Å². The maximum Gasteiger partial charge on any atom is 0.334 e. The maximum atomic E-state index is 12.6. The zero-order valence-electron chi connectivity index (χ0n) is 18.4. The average Bonchev–Trinajstić information content (AvgIpc) is 3.61. The summed E-state index contributed by atoms with van der Waals surface area (Å²) in [6.07, 6.45) is 1.59. The van der Waals surface area contributed by atoms with Crippen molar-refractivity contribution < 1.29 is 33.3 Å². The molecule has 2 spiro atoms. The van der Waals surface area contributed by atoms with Crippen molar-refractivity contribution in [2.75, 3.05) is 20.2 Å². The molecule has 1 N–H and O–H groups in total. The second-order valence-electron chi connectivity index (χ2n) is 10.9. The monoisotopic (exact) mass is 431 g/mol. The molecule has 0 bridgehead atoms. The molecule has 5 fully saturated rings. The number of hydrogen-bond donors (Lipinski definition) is 1. The largest absolute Gasteiger partial charge is 0.458 e. The number of esters is 2. The second-order valence-corrected chi connectivity index (χ2v) is 10.9. The van der Waals surface area contributed by atoms with E-state index in [1.54, 1.807) is 7.05 Å². The lowest BCUT2D eigenvalue weighted by atomic mass is 9.46. The molecule has 31 heavy (non-hydrogen) atoms. The van der Waals surface area contributed by atoms with Crippen LogP contribution in [0.1, 0.15) is 40.0 Å². The van der Waals surface area contributed by atoms with Gasteiger partial charge in [0.2, 0.25) is 0 Å². The van der Waals surface area contributed by atoms with Crippen molar-refractivity contribution in [1.29, 1.82) is 0 Å². The third-order valence-electron chi connectivity index (χ3n) is 9.64. The van der Waals surface area contributed by atoms with E-state index in [0.29, 0.717) is 13.0 Å². The number of ether oxygens (including phenoxy) is 5. The van der Waals surface area contributed by atoms with Crippen LogP contribution in [-0.4, -0.2) is 73.4 Å². The van der Waals surface area contributed by atoms with Gasteiger partial charge in [-0.25, -0.2) is 4.79 Å². The van der Waals surface area contributed by atoms with Crippen LogP contribution in [0.3, 0.4) is 0 Å². The summed E-state index contributed by atoms with van der Waals surface area (Å²) in [5.41, 5.74) is -0.0195. The summed E-state index contributed by atoms with van der Waals surface area (Å²) in [5, 5.41) is 2.89. The van der Waals surface area contributed by atoms with Crippen LogP contribution in [-0.2, 0) is 33.3 Å². The number of likely N-dealkylation sites (N-methyl/N-ethyl adjacent to an activating group) is 1. The minimum absolute atomic E-state index is 0.0628. The van der Waals surface area contributed by atoms with Crippen LogP contribution < -0.4 is 5.32 Å². The van der Waals surface area contributed by atoms with Gasteiger partial charge in [0, 0.05) is 11.0 Å². The van der Waals surface area contributed by atoms with E-state index in [-0.39, 0.29) is 54.0 Å². The summed E-state index contributed by atoms with van der Waals surface area (Å²) in [5.74, 6) is -0.121. The minimum atomic E-state index is -0.675. The zero-order valence-corrected chi connectivity index (χ0v) is 18.4.